The fraction of sp³-hybridized carbons (Fsp3) is 0.278. The number of hydrogen-bond donors (Lipinski definition) is 0. The Balaban J connectivity index is 1.86. The van der Waals surface area contributed by atoms with Gasteiger partial charge in [-0.3, -0.25) is 0 Å². The SMILES string of the molecule is COc1ccc2cc(C)nc(N3N=CC4C(C)=CC(=O)OC43)c2c1. The summed E-state index contributed by atoms with van der Waals surface area (Å²) in [4.78, 5) is 16.4. The highest BCUT2D eigenvalue weighted by molar-refractivity contribution is 5.95. The van der Waals surface area contributed by atoms with E-state index in [1.165, 1.54) is 6.08 Å². The number of carbonyl (C=O) groups is 1. The molecule has 2 aromatic rings. The van der Waals surface area contributed by atoms with Crippen molar-refractivity contribution < 1.29 is 14.3 Å². The maximum atomic E-state index is 11.8. The quantitative estimate of drug-likeness (QED) is 0.795. The van der Waals surface area contributed by atoms with Crippen LogP contribution in [0.2, 0.25) is 0 Å². The van der Waals surface area contributed by atoms with Gasteiger partial charge in [-0.2, -0.15) is 5.10 Å². The average molecular weight is 323 g/mol. The molecule has 0 spiro atoms. The molecule has 3 heterocycles. The van der Waals surface area contributed by atoms with E-state index in [-0.39, 0.29) is 11.9 Å². The second kappa shape index (κ2) is 5.33. The second-order valence-electron chi connectivity index (χ2n) is 6.03. The summed E-state index contributed by atoms with van der Waals surface area (Å²) in [6.45, 7) is 3.85. The van der Waals surface area contributed by atoms with Gasteiger partial charge in [0.15, 0.2) is 5.82 Å². The number of aromatic nitrogens is 1. The minimum atomic E-state index is -0.494. The normalized spacial score (nSPS) is 22.4. The van der Waals surface area contributed by atoms with Gasteiger partial charge in [-0.05, 0) is 37.4 Å². The minimum Gasteiger partial charge on any atom is -0.497 e. The van der Waals surface area contributed by atoms with Crippen LogP contribution in [-0.4, -0.2) is 30.5 Å². The maximum absolute atomic E-state index is 11.8. The Bertz CT molecular complexity index is 904. The molecular formula is C18H17N3O3. The number of pyridine rings is 1. The fourth-order valence-electron chi connectivity index (χ4n) is 3.15. The third-order valence-electron chi connectivity index (χ3n) is 4.37. The molecule has 0 fully saturated rings. The molecule has 1 aromatic heterocycles. The zero-order chi connectivity index (χ0) is 16.8. The molecule has 2 aliphatic rings. The van der Waals surface area contributed by atoms with E-state index in [2.05, 4.69) is 10.1 Å². The van der Waals surface area contributed by atoms with Crippen LogP contribution in [0.3, 0.4) is 0 Å². The number of nitrogens with zero attached hydrogens (tertiary/aromatic N) is 3. The third-order valence-corrected chi connectivity index (χ3v) is 4.37. The first kappa shape index (κ1) is 14.7. The van der Waals surface area contributed by atoms with Crippen LogP contribution in [0.4, 0.5) is 5.82 Å². The van der Waals surface area contributed by atoms with Gasteiger partial charge in [0, 0.05) is 23.4 Å². The van der Waals surface area contributed by atoms with E-state index in [0.717, 1.165) is 27.8 Å². The lowest BCUT2D eigenvalue weighted by atomic mass is 9.98. The Labute approximate surface area is 139 Å². The first-order valence-corrected chi connectivity index (χ1v) is 7.74. The summed E-state index contributed by atoms with van der Waals surface area (Å²) in [6, 6.07) is 7.83. The molecule has 0 radical (unpaired) electrons. The molecule has 0 bridgehead atoms. The van der Waals surface area contributed by atoms with E-state index in [1.807, 2.05) is 38.1 Å². The number of anilines is 1. The average Bonchev–Trinajstić information content (AvgIpc) is 2.97. The lowest BCUT2D eigenvalue weighted by Gasteiger charge is -2.30. The lowest BCUT2D eigenvalue weighted by molar-refractivity contribution is -0.145. The van der Waals surface area contributed by atoms with Crippen LogP contribution in [0.1, 0.15) is 12.6 Å². The predicted molar refractivity (Wildman–Crippen MR) is 91.1 cm³/mol. The number of methoxy groups -OCH3 is 1. The van der Waals surface area contributed by atoms with Gasteiger partial charge in [0.1, 0.15) is 5.75 Å². The Morgan fingerprint density at radius 1 is 1.25 bits per heavy atom. The van der Waals surface area contributed by atoms with Crippen molar-refractivity contribution in [3.05, 3.63) is 41.6 Å². The summed E-state index contributed by atoms with van der Waals surface area (Å²) in [6.07, 6.45) is 2.83. The Kier molecular flexibility index (Phi) is 3.26. The van der Waals surface area contributed by atoms with Crippen LogP contribution < -0.4 is 9.75 Å². The summed E-state index contributed by atoms with van der Waals surface area (Å²) >= 11 is 0. The van der Waals surface area contributed by atoms with Crippen molar-refractivity contribution in [2.45, 2.75) is 20.1 Å². The number of esters is 1. The van der Waals surface area contributed by atoms with E-state index in [0.29, 0.717) is 5.82 Å². The van der Waals surface area contributed by atoms with E-state index < -0.39 is 6.23 Å². The standard InChI is InChI=1S/C18H17N3O3/c1-10-6-16(22)24-18-15(10)9-19-21(18)17-14-8-13(23-3)5-4-12(14)7-11(2)20-17/h4-9,15,18H,1-3H3. The zero-order valence-electron chi connectivity index (χ0n) is 13.7. The van der Waals surface area contributed by atoms with Crippen LogP contribution in [-0.2, 0) is 9.53 Å². The summed E-state index contributed by atoms with van der Waals surface area (Å²) < 4.78 is 10.8. The topological polar surface area (TPSA) is 64.0 Å². The highest BCUT2D eigenvalue weighted by Gasteiger charge is 2.40. The van der Waals surface area contributed by atoms with E-state index in [9.17, 15) is 4.79 Å². The van der Waals surface area contributed by atoms with Gasteiger partial charge in [0.2, 0.25) is 6.23 Å². The molecule has 6 nitrogen and oxygen atoms in total. The molecule has 0 saturated heterocycles. The summed E-state index contributed by atoms with van der Waals surface area (Å²) in [7, 11) is 1.63. The number of rotatable bonds is 2. The molecule has 24 heavy (non-hydrogen) atoms. The number of hydrazone groups is 1. The van der Waals surface area contributed by atoms with E-state index in [1.54, 1.807) is 18.3 Å². The predicted octanol–water partition coefficient (Wildman–Crippen LogP) is 2.80. The van der Waals surface area contributed by atoms with Crippen LogP contribution in [0.25, 0.3) is 10.8 Å². The minimum absolute atomic E-state index is 0.0503. The highest BCUT2D eigenvalue weighted by atomic mass is 16.6. The van der Waals surface area contributed by atoms with Crippen LogP contribution in [0.15, 0.2) is 41.0 Å². The van der Waals surface area contributed by atoms with Crippen molar-refractivity contribution in [2.75, 3.05) is 12.1 Å². The molecule has 2 aliphatic heterocycles. The van der Waals surface area contributed by atoms with Gasteiger partial charge in [0.25, 0.3) is 0 Å². The highest BCUT2D eigenvalue weighted by Crippen LogP contribution is 2.36. The molecule has 2 unspecified atom stereocenters. The van der Waals surface area contributed by atoms with Crippen molar-refractivity contribution in [3.63, 3.8) is 0 Å². The van der Waals surface area contributed by atoms with Crippen LogP contribution in [0, 0.1) is 12.8 Å². The molecule has 4 rings (SSSR count). The molecule has 0 saturated carbocycles. The summed E-state index contributed by atoms with van der Waals surface area (Å²) in [5.74, 6) is 1.01. The molecule has 2 atom stereocenters. The van der Waals surface area contributed by atoms with Gasteiger partial charge in [-0.25, -0.2) is 14.8 Å². The van der Waals surface area contributed by atoms with Crippen molar-refractivity contribution >= 4 is 28.8 Å². The molecule has 1 aromatic carbocycles. The second-order valence-corrected chi connectivity index (χ2v) is 6.03. The number of aryl methyl sites for hydroxylation is 1. The molecule has 6 heteroatoms. The largest absolute Gasteiger partial charge is 0.497 e. The molecule has 0 aliphatic carbocycles. The van der Waals surface area contributed by atoms with Crippen molar-refractivity contribution in [3.8, 4) is 5.75 Å². The van der Waals surface area contributed by atoms with E-state index in [4.69, 9.17) is 9.47 Å². The number of benzene rings is 1. The number of hydrogen-bond acceptors (Lipinski definition) is 6. The van der Waals surface area contributed by atoms with E-state index >= 15 is 0 Å². The number of fused-ring (bicyclic) bond motifs is 2. The third kappa shape index (κ3) is 2.22. The van der Waals surface area contributed by atoms with Gasteiger partial charge in [0.05, 0.1) is 13.0 Å². The fourth-order valence-corrected chi connectivity index (χ4v) is 3.15. The van der Waals surface area contributed by atoms with Crippen molar-refractivity contribution in [1.29, 1.82) is 0 Å². The lowest BCUT2D eigenvalue weighted by Crippen LogP contribution is -2.40. The van der Waals surface area contributed by atoms with Gasteiger partial charge in [-0.1, -0.05) is 11.6 Å². The van der Waals surface area contributed by atoms with Gasteiger partial charge in [-0.15, -0.1) is 0 Å². The van der Waals surface area contributed by atoms with Crippen molar-refractivity contribution in [2.24, 2.45) is 11.0 Å². The number of ether oxygens (including phenoxy) is 2. The van der Waals surface area contributed by atoms with Crippen molar-refractivity contribution in [1.82, 2.24) is 4.98 Å². The Morgan fingerprint density at radius 2 is 2.08 bits per heavy atom. The first-order chi connectivity index (χ1) is 11.6. The van der Waals surface area contributed by atoms with Gasteiger partial charge < -0.3 is 9.47 Å². The first-order valence-electron chi connectivity index (χ1n) is 7.74. The Morgan fingerprint density at radius 3 is 2.88 bits per heavy atom. The summed E-state index contributed by atoms with van der Waals surface area (Å²) in [5, 5.41) is 8.09. The molecule has 122 valence electrons. The molecular weight excluding hydrogens is 306 g/mol. The maximum Gasteiger partial charge on any atom is 0.332 e. The monoisotopic (exact) mass is 323 g/mol. The van der Waals surface area contributed by atoms with Crippen LogP contribution in [0.5, 0.6) is 5.75 Å². The summed E-state index contributed by atoms with van der Waals surface area (Å²) in [5.41, 5.74) is 1.81. The molecule has 0 amide bonds. The Hall–Kier alpha value is -2.89. The zero-order valence-corrected chi connectivity index (χ0v) is 13.7. The smallest absolute Gasteiger partial charge is 0.332 e. The number of carbonyl (C=O) groups excluding carboxylic acids is 1. The van der Waals surface area contributed by atoms with Crippen LogP contribution >= 0.6 is 0 Å². The van der Waals surface area contributed by atoms with Gasteiger partial charge >= 0.3 is 5.97 Å². The molecule has 0 N–H and O–H groups in total.